The Balaban J connectivity index is 1.89. The van der Waals surface area contributed by atoms with Crippen LogP contribution in [-0.2, 0) is 16.0 Å². The van der Waals surface area contributed by atoms with E-state index in [2.05, 4.69) is 15.9 Å². The Kier molecular flexibility index (Phi) is 4.58. The summed E-state index contributed by atoms with van der Waals surface area (Å²) in [6, 6.07) is 7.69. The number of aliphatic carboxylic acids is 1. The third-order valence-corrected chi connectivity index (χ3v) is 3.84. The quantitative estimate of drug-likeness (QED) is 0.924. The molecule has 1 aliphatic rings. The summed E-state index contributed by atoms with van der Waals surface area (Å²) in [7, 11) is 0. The Bertz CT molecular complexity index is 489. The van der Waals surface area contributed by atoms with Crippen molar-refractivity contribution in [1.82, 2.24) is 4.90 Å². The predicted octanol–water partition coefficient (Wildman–Crippen LogP) is 2.31. The number of rotatable bonds is 4. The molecule has 0 bridgehead atoms. The molecule has 1 amide bonds. The van der Waals surface area contributed by atoms with Gasteiger partial charge in [0.05, 0.1) is 6.42 Å². The largest absolute Gasteiger partial charge is 0.481 e. The normalized spacial score (nSPS) is 18.6. The van der Waals surface area contributed by atoms with Gasteiger partial charge in [-0.15, -0.1) is 0 Å². The standard InChI is InChI=1S/C14H16BrNO3/c15-12-3-1-2-10(6-12)7-13(17)16-5-4-11(9-16)8-14(18)19/h1-3,6,11H,4-5,7-9H2,(H,18,19). The van der Waals surface area contributed by atoms with E-state index in [-0.39, 0.29) is 18.2 Å². The lowest BCUT2D eigenvalue weighted by atomic mass is 10.1. The van der Waals surface area contributed by atoms with Gasteiger partial charge in [-0.25, -0.2) is 0 Å². The molecule has 1 aromatic carbocycles. The number of carbonyl (C=O) groups excluding carboxylic acids is 1. The van der Waals surface area contributed by atoms with Crippen molar-refractivity contribution in [1.29, 1.82) is 0 Å². The molecule has 1 saturated heterocycles. The van der Waals surface area contributed by atoms with Crippen LogP contribution in [0.2, 0.25) is 0 Å². The second-order valence-corrected chi connectivity index (χ2v) is 5.81. The van der Waals surface area contributed by atoms with Gasteiger partial charge in [0.25, 0.3) is 0 Å². The van der Waals surface area contributed by atoms with Crippen molar-refractivity contribution in [2.75, 3.05) is 13.1 Å². The zero-order chi connectivity index (χ0) is 13.8. The number of benzene rings is 1. The maximum absolute atomic E-state index is 12.1. The Morgan fingerprint density at radius 2 is 2.21 bits per heavy atom. The van der Waals surface area contributed by atoms with Crippen LogP contribution in [0.1, 0.15) is 18.4 Å². The lowest BCUT2D eigenvalue weighted by molar-refractivity contribution is -0.138. The van der Waals surface area contributed by atoms with Gasteiger partial charge >= 0.3 is 5.97 Å². The summed E-state index contributed by atoms with van der Waals surface area (Å²) in [5.74, 6) is -0.610. The number of carboxylic acid groups (broad SMARTS) is 1. The molecule has 0 spiro atoms. The fourth-order valence-electron chi connectivity index (χ4n) is 2.41. The molecule has 0 aliphatic carbocycles. The number of halogens is 1. The molecule has 0 saturated carbocycles. The molecule has 1 N–H and O–H groups in total. The Labute approximate surface area is 120 Å². The summed E-state index contributed by atoms with van der Waals surface area (Å²) in [5.41, 5.74) is 0.973. The number of nitrogens with zero attached hydrogens (tertiary/aromatic N) is 1. The Morgan fingerprint density at radius 3 is 2.89 bits per heavy atom. The first-order valence-corrected chi connectivity index (χ1v) is 7.08. The van der Waals surface area contributed by atoms with Gasteiger partial charge in [0, 0.05) is 24.0 Å². The molecule has 0 radical (unpaired) electrons. The molecule has 1 unspecified atom stereocenters. The summed E-state index contributed by atoms with van der Waals surface area (Å²) >= 11 is 3.38. The fourth-order valence-corrected chi connectivity index (χ4v) is 2.85. The first-order chi connectivity index (χ1) is 9.04. The fraction of sp³-hybridized carbons (Fsp3) is 0.429. The first kappa shape index (κ1) is 14.1. The van der Waals surface area contributed by atoms with Crippen LogP contribution in [0.15, 0.2) is 28.7 Å². The number of amides is 1. The van der Waals surface area contributed by atoms with Crippen molar-refractivity contribution in [3.8, 4) is 0 Å². The molecule has 1 heterocycles. The van der Waals surface area contributed by atoms with E-state index in [4.69, 9.17) is 5.11 Å². The van der Waals surface area contributed by atoms with Gasteiger partial charge in [0.1, 0.15) is 0 Å². The number of likely N-dealkylation sites (tertiary alicyclic amines) is 1. The van der Waals surface area contributed by atoms with Crippen molar-refractivity contribution in [2.24, 2.45) is 5.92 Å². The summed E-state index contributed by atoms with van der Waals surface area (Å²) in [6.07, 6.45) is 1.32. The summed E-state index contributed by atoms with van der Waals surface area (Å²) in [6.45, 7) is 1.24. The van der Waals surface area contributed by atoms with Crippen LogP contribution in [-0.4, -0.2) is 35.0 Å². The molecule has 5 heteroatoms. The summed E-state index contributed by atoms with van der Waals surface area (Å²) in [5, 5.41) is 8.76. The highest BCUT2D eigenvalue weighted by Gasteiger charge is 2.27. The molecule has 2 rings (SSSR count). The number of carbonyl (C=O) groups is 2. The van der Waals surface area contributed by atoms with Gasteiger partial charge in [0.15, 0.2) is 0 Å². The lowest BCUT2D eigenvalue weighted by Crippen LogP contribution is -2.30. The Hall–Kier alpha value is -1.36. The smallest absolute Gasteiger partial charge is 0.303 e. The SMILES string of the molecule is O=C(O)CC1CCN(C(=O)Cc2cccc(Br)c2)C1. The number of hydrogen-bond acceptors (Lipinski definition) is 2. The van der Waals surface area contributed by atoms with Gasteiger partial charge in [0.2, 0.25) is 5.91 Å². The Morgan fingerprint density at radius 1 is 1.42 bits per heavy atom. The van der Waals surface area contributed by atoms with Crippen molar-refractivity contribution < 1.29 is 14.7 Å². The van der Waals surface area contributed by atoms with Crippen LogP contribution in [0.25, 0.3) is 0 Å². The van der Waals surface area contributed by atoms with Gasteiger partial charge < -0.3 is 10.0 Å². The van der Waals surface area contributed by atoms with Crippen molar-refractivity contribution >= 4 is 27.8 Å². The summed E-state index contributed by atoms with van der Waals surface area (Å²) < 4.78 is 0.961. The van der Waals surface area contributed by atoms with E-state index in [0.29, 0.717) is 19.5 Å². The van der Waals surface area contributed by atoms with Gasteiger partial charge in [-0.1, -0.05) is 28.1 Å². The van der Waals surface area contributed by atoms with Gasteiger partial charge in [-0.2, -0.15) is 0 Å². The van der Waals surface area contributed by atoms with E-state index < -0.39 is 5.97 Å². The van der Waals surface area contributed by atoms with Crippen molar-refractivity contribution in [2.45, 2.75) is 19.3 Å². The van der Waals surface area contributed by atoms with Crippen LogP contribution >= 0.6 is 15.9 Å². The highest BCUT2D eigenvalue weighted by molar-refractivity contribution is 9.10. The van der Waals surface area contributed by atoms with E-state index in [0.717, 1.165) is 16.5 Å². The molecule has 19 heavy (non-hydrogen) atoms. The van der Waals surface area contributed by atoms with Crippen molar-refractivity contribution in [3.05, 3.63) is 34.3 Å². The average molecular weight is 326 g/mol. The minimum absolute atomic E-state index is 0.0750. The lowest BCUT2D eigenvalue weighted by Gasteiger charge is -2.16. The molecule has 1 fully saturated rings. The van der Waals surface area contributed by atoms with E-state index in [1.54, 1.807) is 4.90 Å². The van der Waals surface area contributed by atoms with E-state index >= 15 is 0 Å². The molecular formula is C14H16BrNO3. The van der Waals surface area contributed by atoms with Crippen LogP contribution in [0.4, 0.5) is 0 Å². The van der Waals surface area contributed by atoms with Crippen LogP contribution in [0, 0.1) is 5.92 Å². The van der Waals surface area contributed by atoms with Gasteiger partial charge in [-0.05, 0) is 30.0 Å². The van der Waals surface area contributed by atoms with Gasteiger partial charge in [-0.3, -0.25) is 9.59 Å². The number of hydrogen-bond donors (Lipinski definition) is 1. The van der Waals surface area contributed by atoms with E-state index in [1.807, 2.05) is 24.3 Å². The van der Waals surface area contributed by atoms with Crippen LogP contribution < -0.4 is 0 Å². The molecular weight excluding hydrogens is 310 g/mol. The zero-order valence-electron chi connectivity index (χ0n) is 10.5. The van der Waals surface area contributed by atoms with E-state index in [9.17, 15) is 9.59 Å². The molecule has 4 nitrogen and oxygen atoms in total. The average Bonchev–Trinajstić information content (AvgIpc) is 2.76. The molecule has 1 aliphatic heterocycles. The van der Waals surface area contributed by atoms with Crippen molar-refractivity contribution in [3.63, 3.8) is 0 Å². The second-order valence-electron chi connectivity index (χ2n) is 4.90. The minimum atomic E-state index is -0.786. The number of carboxylic acids is 1. The molecule has 0 aromatic heterocycles. The highest BCUT2D eigenvalue weighted by Crippen LogP contribution is 2.21. The summed E-state index contributed by atoms with van der Waals surface area (Å²) in [4.78, 5) is 24.5. The maximum atomic E-state index is 12.1. The minimum Gasteiger partial charge on any atom is -0.481 e. The monoisotopic (exact) mass is 325 g/mol. The van der Waals surface area contributed by atoms with Crippen LogP contribution in [0.5, 0.6) is 0 Å². The molecule has 1 aromatic rings. The topological polar surface area (TPSA) is 57.6 Å². The second kappa shape index (κ2) is 6.19. The maximum Gasteiger partial charge on any atom is 0.303 e. The first-order valence-electron chi connectivity index (χ1n) is 6.28. The molecule has 102 valence electrons. The molecule has 1 atom stereocenters. The highest BCUT2D eigenvalue weighted by atomic mass is 79.9. The predicted molar refractivity (Wildman–Crippen MR) is 74.8 cm³/mol. The van der Waals surface area contributed by atoms with Crippen LogP contribution in [0.3, 0.4) is 0 Å². The third-order valence-electron chi connectivity index (χ3n) is 3.35. The zero-order valence-corrected chi connectivity index (χ0v) is 12.1. The third kappa shape index (κ3) is 4.06. The van der Waals surface area contributed by atoms with E-state index in [1.165, 1.54) is 0 Å².